The molecule has 0 radical (unpaired) electrons. The predicted molar refractivity (Wildman–Crippen MR) is 86.7 cm³/mol. The van der Waals surface area contributed by atoms with Gasteiger partial charge < -0.3 is 9.55 Å². The molecule has 3 rings (SSSR count). The minimum Gasteiger partial charge on any atom is -0.331 e. The van der Waals surface area contributed by atoms with Gasteiger partial charge in [-0.3, -0.25) is 0 Å². The van der Waals surface area contributed by atoms with Crippen LogP contribution in [0.25, 0.3) is 11.0 Å². The van der Waals surface area contributed by atoms with E-state index < -0.39 is 0 Å². The number of aryl methyl sites for hydroxylation is 4. The lowest BCUT2D eigenvalue weighted by atomic mass is 10.1. The number of imidazole rings is 1. The number of aromatic nitrogens is 2. The van der Waals surface area contributed by atoms with Crippen molar-refractivity contribution in [2.45, 2.75) is 26.8 Å². The van der Waals surface area contributed by atoms with Gasteiger partial charge in [0.1, 0.15) is 0 Å². The molecule has 3 aromatic rings. The lowest BCUT2D eigenvalue weighted by molar-refractivity contribution is 0.703. The number of aromatic amines is 1. The summed E-state index contributed by atoms with van der Waals surface area (Å²) in [5.74, 6) is 0. The quantitative estimate of drug-likeness (QED) is 0.698. The van der Waals surface area contributed by atoms with Crippen molar-refractivity contribution in [3.63, 3.8) is 0 Å². The Balaban J connectivity index is 1.98. The van der Waals surface area contributed by atoms with Gasteiger partial charge in [0, 0.05) is 6.54 Å². The smallest absolute Gasteiger partial charge is 0.178 e. The first-order valence-electron chi connectivity index (χ1n) is 6.89. The monoisotopic (exact) mass is 282 g/mol. The van der Waals surface area contributed by atoms with Crippen molar-refractivity contribution < 1.29 is 0 Å². The van der Waals surface area contributed by atoms with Crippen LogP contribution in [0.2, 0.25) is 0 Å². The second-order valence-electron chi connectivity index (χ2n) is 5.23. The number of hydrogen-bond donors (Lipinski definition) is 1. The molecular formula is C17H18N2S. The normalized spacial score (nSPS) is 11.1. The van der Waals surface area contributed by atoms with E-state index >= 15 is 0 Å². The second kappa shape index (κ2) is 5.25. The van der Waals surface area contributed by atoms with Crippen molar-refractivity contribution in [1.29, 1.82) is 0 Å². The molecule has 0 bridgehead atoms. The van der Waals surface area contributed by atoms with Crippen LogP contribution in [0.15, 0.2) is 42.5 Å². The van der Waals surface area contributed by atoms with Crippen LogP contribution in [0.1, 0.15) is 16.7 Å². The highest BCUT2D eigenvalue weighted by Crippen LogP contribution is 2.19. The van der Waals surface area contributed by atoms with E-state index in [1.54, 1.807) is 0 Å². The Morgan fingerprint density at radius 1 is 1.00 bits per heavy atom. The summed E-state index contributed by atoms with van der Waals surface area (Å²) in [5, 5.41) is 0. The van der Waals surface area contributed by atoms with Crippen molar-refractivity contribution >= 4 is 23.3 Å². The fraction of sp³-hybridized carbons (Fsp3) is 0.235. The SMILES string of the molecule is Cc1ccccc1CCn1c(=S)[nH]c2cccc(C)c21. The van der Waals surface area contributed by atoms with Gasteiger partial charge in [0.05, 0.1) is 11.0 Å². The Morgan fingerprint density at radius 2 is 1.75 bits per heavy atom. The van der Waals surface area contributed by atoms with Crippen molar-refractivity contribution in [3.8, 4) is 0 Å². The van der Waals surface area contributed by atoms with E-state index in [4.69, 9.17) is 12.2 Å². The van der Waals surface area contributed by atoms with Crippen LogP contribution in [0.3, 0.4) is 0 Å². The molecule has 20 heavy (non-hydrogen) atoms. The lowest BCUT2D eigenvalue weighted by Crippen LogP contribution is -2.03. The number of benzene rings is 2. The fourth-order valence-electron chi connectivity index (χ4n) is 2.74. The summed E-state index contributed by atoms with van der Waals surface area (Å²) in [4.78, 5) is 3.30. The minimum atomic E-state index is 0.808. The number of rotatable bonds is 3. The zero-order valence-corrected chi connectivity index (χ0v) is 12.6. The Hall–Kier alpha value is -1.87. The molecule has 0 fully saturated rings. The van der Waals surface area contributed by atoms with Crippen molar-refractivity contribution in [3.05, 3.63) is 63.9 Å². The molecule has 0 spiro atoms. The average Bonchev–Trinajstić information content (AvgIpc) is 2.75. The van der Waals surface area contributed by atoms with Crippen molar-refractivity contribution in [1.82, 2.24) is 9.55 Å². The van der Waals surface area contributed by atoms with E-state index in [-0.39, 0.29) is 0 Å². The second-order valence-corrected chi connectivity index (χ2v) is 5.62. The summed E-state index contributed by atoms with van der Waals surface area (Å²) in [6.45, 7) is 5.21. The third kappa shape index (κ3) is 2.29. The lowest BCUT2D eigenvalue weighted by Gasteiger charge is -2.08. The maximum Gasteiger partial charge on any atom is 0.178 e. The first-order chi connectivity index (χ1) is 9.66. The molecule has 0 saturated heterocycles. The van der Waals surface area contributed by atoms with Gasteiger partial charge >= 0.3 is 0 Å². The number of nitrogens with zero attached hydrogens (tertiary/aromatic N) is 1. The third-order valence-corrected chi connectivity index (χ3v) is 4.18. The summed E-state index contributed by atoms with van der Waals surface area (Å²) >= 11 is 5.47. The minimum absolute atomic E-state index is 0.808. The van der Waals surface area contributed by atoms with Crippen molar-refractivity contribution in [2.75, 3.05) is 0 Å². The van der Waals surface area contributed by atoms with Crippen LogP contribution < -0.4 is 0 Å². The zero-order chi connectivity index (χ0) is 14.1. The van der Waals surface area contributed by atoms with Crippen LogP contribution in [-0.2, 0) is 13.0 Å². The van der Waals surface area contributed by atoms with Gasteiger partial charge in [-0.1, -0.05) is 36.4 Å². The van der Waals surface area contributed by atoms with Gasteiger partial charge in [0.2, 0.25) is 0 Å². The Bertz CT molecular complexity index is 811. The number of para-hydroxylation sites is 1. The summed E-state index contributed by atoms with van der Waals surface area (Å²) in [7, 11) is 0. The van der Waals surface area contributed by atoms with E-state index in [9.17, 15) is 0 Å². The van der Waals surface area contributed by atoms with Gasteiger partial charge in [-0.2, -0.15) is 0 Å². The van der Waals surface area contributed by atoms with Crippen molar-refractivity contribution in [2.24, 2.45) is 0 Å². The molecule has 1 aromatic heterocycles. The molecule has 0 saturated carbocycles. The van der Waals surface area contributed by atoms with E-state index in [2.05, 4.69) is 65.9 Å². The van der Waals surface area contributed by atoms with Crippen LogP contribution in [0.5, 0.6) is 0 Å². The molecule has 102 valence electrons. The van der Waals surface area contributed by atoms with E-state index in [0.29, 0.717) is 0 Å². The first kappa shape index (κ1) is 13.1. The molecule has 0 aliphatic rings. The summed E-state index contributed by atoms with van der Waals surface area (Å²) in [6.07, 6.45) is 1.00. The fourth-order valence-corrected chi connectivity index (χ4v) is 3.03. The highest BCUT2D eigenvalue weighted by atomic mass is 32.1. The number of nitrogens with one attached hydrogen (secondary N) is 1. The maximum absolute atomic E-state index is 5.47. The molecule has 1 N–H and O–H groups in total. The molecule has 0 unspecified atom stereocenters. The number of hydrogen-bond acceptors (Lipinski definition) is 1. The van der Waals surface area contributed by atoms with Gasteiger partial charge in [-0.25, -0.2) is 0 Å². The number of fused-ring (bicyclic) bond motifs is 1. The van der Waals surface area contributed by atoms with Gasteiger partial charge in [0.25, 0.3) is 0 Å². The topological polar surface area (TPSA) is 20.7 Å². The molecule has 0 atom stereocenters. The molecule has 2 aromatic carbocycles. The van der Waals surface area contributed by atoms with E-state index in [1.807, 2.05) is 0 Å². The van der Waals surface area contributed by atoms with Crippen LogP contribution in [0, 0.1) is 18.6 Å². The Labute approximate surface area is 124 Å². The van der Waals surface area contributed by atoms with Gasteiger partial charge in [0.15, 0.2) is 4.77 Å². The molecule has 3 heteroatoms. The molecule has 0 aliphatic carbocycles. The molecule has 1 heterocycles. The Kier molecular flexibility index (Phi) is 3.45. The molecule has 0 amide bonds. The first-order valence-corrected chi connectivity index (χ1v) is 7.30. The standard InChI is InChI=1S/C17H18N2S/c1-12-6-3-4-8-14(12)10-11-19-16-13(2)7-5-9-15(16)18-17(19)20/h3-9H,10-11H2,1-2H3,(H,18,20). The largest absolute Gasteiger partial charge is 0.331 e. The van der Waals surface area contributed by atoms with E-state index in [1.165, 1.54) is 22.2 Å². The van der Waals surface area contributed by atoms with Gasteiger partial charge in [-0.15, -0.1) is 0 Å². The molecule has 0 aliphatic heterocycles. The summed E-state index contributed by atoms with van der Waals surface area (Å²) in [5.41, 5.74) is 6.35. The maximum atomic E-state index is 5.47. The third-order valence-electron chi connectivity index (χ3n) is 3.86. The highest BCUT2D eigenvalue weighted by molar-refractivity contribution is 7.71. The van der Waals surface area contributed by atoms with Crippen LogP contribution >= 0.6 is 12.2 Å². The average molecular weight is 282 g/mol. The summed E-state index contributed by atoms with van der Waals surface area (Å²) in [6, 6.07) is 14.8. The highest BCUT2D eigenvalue weighted by Gasteiger charge is 2.07. The molecular weight excluding hydrogens is 264 g/mol. The molecule has 2 nitrogen and oxygen atoms in total. The zero-order valence-electron chi connectivity index (χ0n) is 11.8. The number of H-pyrrole nitrogens is 1. The van der Waals surface area contributed by atoms with Crippen LogP contribution in [-0.4, -0.2) is 9.55 Å². The van der Waals surface area contributed by atoms with Crippen LogP contribution in [0.4, 0.5) is 0 Å². The Morgan fingerprint density at radius 3 is 2.55 bits per heavy atom. The van der Waals surface area contributed by atoms with Gasteiger partial charge in [-0.05, 0) is 55.2 Å². The predicted octanol–water partition coefficient (Wildman–Crippen LogP) is 4.56. The summed E-state index contributed by atoms with van der Waals surface area (Å²) < 4.78 is 3.02. The van der Waals surface area contributed by atoms with E-state index in [0.717, 1.165) is 23.3 Å².